The second-order valence-electron chi connectivity index (χ2n) is 6.03. The van der Waals surface area contributed by atoms with Crippen molar-refractivity contribution in [2.45, 2.75) is 6.54 Å². The summed E-state index contributed by atoms with van der Waals surface area (Å²) >= 11 is 7.42. The van der Waals surface area contributed by atoms with E-state index in [0.717, 1.165) is 10.2 Å². The van der Waals surface area contributed by atoms with E-state index in [1.807, 2.05) is 16.7 Å². The zero-order chi connectivity index (χ0) is 19.7. The summed E-state index contributed by atoms with van der Waals surface area (Å²) in [6.07, 6.45) is 0. The van der Waals surface area contributed by atoms with E-state index in [9.17, 15) is 9.59 Å². The number of halogens is 1. The Kier molecular flexibility index (Phi) is 5.13. The number of fused-ring (bicyclic) bond motifs is 2. The number of para-hydroxylation sites is 1. The normalized spacial score (nSPS) is 12.1. The Bertz CT molecular complexity index is 1320. The summed E-state index contributed by atoms with van der Waals surface area (Å²) in [4.78, 5) is 29.7. The van der Waals surface area contributed by atoms with Crippen LogP contribution in [0.3, 0.4) is 0 Å². The first-order valence-corrected chi connectivity index (χ1v) is 9.66. The molecular weight excluding hydrogens is 400 g/mol. The lowest BCUT2D eigenvalue weighted by molar-refractivity contribution is 0.0971. The molecule has 1 amide bonds. The van der Waals surface area contributed by atoms with Gasteiger partial charge in [0.25, 0.3) is 0 Å². The van der Waals surface area contributed by atoms with Crippen molar-refractivity contribution in [3.63, 3.8) is 0 Å². The Hall–Kier alpha value is -2.74. The van der Waals surface area contributed by atoms with Gasteiger partial charge in [-0.3, -0.25) is 9.59 Å². The Morgan fingerprint density at radius 2 is 2.07 bits per heavy atom. The van der Waals surface area contributed by atoms with E-state index in [1.54, 1.807) is 37.4 Å². The molecule has 2 aromatic heterocycles. The molecule has 0 spiro atoms. The number of thiazole rings is 1. The van der Waals surface area contributed by atoms with E-state index in [1.165, 1.54) is 17.4 Å². The lowest BCUT2D eigenvalue weighted by Gasteiger charge is -2.04. The van der Waals surface area contributed by atoms with Crippen LogP contribution in [0.2, 0.25) is 5.02 Å². The number of benzene rings is 2. The molecule has 0 radical (unpaired) electrons. The number of carbonyl (C=O) groups is 1. The average Bonchev–Trinajstić information content (AvgIpc) is 3.02. The largest absolute Gasteiger partial charge is 0.451 e. The van der Waals surface area contributed by atoms with Crippen molar-refractivity contribution in [1.82, 2.24) is 4.57 Å². The van der Waals surface area contributed by atoms with Crippen molar-refractivity contribution in [1.29, 1.82) is 0 Å². The van der Waals surface area contributed by atoms with Crippen LogP contribution in [0.25, 0.3) is 21.2 Å². The van der Waals surface area contributed by atoms with Crippen LogP contribution >= 0.6 is 22.9 Å². The highest BCUT2D eigenvalue weighted by Gasteiger charge is 2.13. The number of aromatic nitrogens is 1. The van der Waals surface area contributed by atoms with Gasteiger partial charge in [0, 0.05) is 24.7 Å². The number of nitrogens with zero attached hydrogens (tertiary/aromatic N) is 2. The molecule has 0 N–H and O–H groups in total. The van der Waals surface area contributed by atoms with Crippen LogP contribution in [0, 0.1) is 0 Å². The summed E-state index contributed by atoms with van der Waals surface area (Å²) in [6.45, 7) is 0.979. The predicted molar refractivity (Wildman–Crippen MR) is 109 cm³/mol. The maximum Gasteiger partial charge on any atom is 0.315 e. The predicted octanol–water partition coefficient (Wildman–Crippen LogP) is 3.85. The third kappa shape index (κ3) is 3.52. The Balaban J connectivity index is 1.85. The quantitative estimate of drug-likeness (QED) is 0.508. The summed E-state index contributed by atoms with van der Waals surface area (Å²) in [6, 6.07) is 13.5. The van der Waals surface area contributed by atoms with Gasteiger partial charge in [-0.15, -0.1) is 0 Å². The molecule has 0 saturated heterocycles. The first kappa shape index (κ1) is 18.6. The highest BCUT2D eigenvalue weighted by atomic mass is 35.5. The Labute approximate surface area is 168 Å². The van der Waals surface area contributed by atoms with Gasteiger partial charge in [0.1, 0.15) is 5.58 Å². The molecule has 0 bridgehead atoms. The van der Waals surface area contributed by atoms with E-state index >= 15 is 0 Å². The smallest absolute Gasteiger partial charge is 0.315 e. The maximum absolute atomic E-state index is 12.7. The summed E-state index contributed by atoms with van der Waals surface area (Å²) in [5, 5.41) is 1.02. The van der Waals surface area contributed by atoms with Gasteiger partial charge in [0.05, 0.1) is 22.2 Å². The van der Waals surface area contributed by atoms with E-state index in [-0.39, 0.29) is 11.2 Å². The molecule has 2 aromatic carbocycles. The number of rotatable bonds is 4. The Morgan fingerprint density at radius 1 is 1.25 bits per heavy atom. The second kappa shape index (κ2) is 7.71. The van der Waals surface area contributed by atoms with Crippen LogP contribution in [-0.4, -0.2) is 24.2 Å². The van der Waals surface area contributed by atoms with Gasteiger partial charge in [0.2, 0.25) is 0 Å². The molecule has 0 fully saturated rings. The first-order chi connectivity index (χ1) is 13.6. The number of carbonyl (C=O) groups excluding carboxylic acids is 1. The number of hydrogen-bond donors (Lipinski definition) is 0. The van der Waals surface area contributed by atoms with Crippen LogP contribution in [0.4, 0.5) is 0 Å². The van der Waals surface area contributed by atoms with Crippen molar-refractivity contribution < 1.29 is 13.9 Å². The van der Waals surface area contributed by atoms with Gasteiger partial charge >= 0.3 is 5.91 Å². The molecule has 2 heterocycles. The highest BCUT2D eigenvalue weighted by molar-refractivity contribution is 7.16. The van der Waals surface area contributed by atoms with Gasteiger partial charge < -0.3 is 13.7 Å². The number of hydrogen-bond acceptors (Lipinski definition) is 5. The third-order valence-corrected chi connectivity index (χ3v) is 5.48. The van der Waals surface area contributed by atoms with Crippen LogP contribution < -0.4 is 10.2 Å². The van der Waals surface area contributed by atoms with E-state index in [0.29, 0.717) is 33.9 Å². The Morgan fingerprint density at radius 3 is 2.89 bits per heavy atom. The summed E-state index contributed by atoms with van der Waals surface area (Å²) in [7, 11) is 1.61. The fraction of sp³-hybridized carbons (Fsp3) is 0.150. The SMILES string of the molecule is COCCn1c(=NC(=O)c2cc(=O)c3ccccc3o2)sc2cc(Cl)ccc21. The van der Waals surface area contributed by atoms with Gasteiger partial charge in [-0.25, -0.2) is 0 Å². The van der Waals surface area contributed by atoms with E-state index in [4.69, 9.17) is 20.8 Å². The molecule has 4 aromatic rings. The van der Waals surface area contributed by atoms with Crippen molar-refractivity contribution in [3.8, 4) is 0 Å². The molecular formula is C20H15ClN2O4S. The maximum atomic E-state index is 12.7. The van der Waals surface area contributed by atoms with Crippen molar-refractivity contribution >= 4 is 50.0 Å². The minimum absolute atomic E-state index is 0.0996. The lowest BCUT2D eigenvalue weighted by Crippen LogP contribution is -2.19. The van der Waals surface area contributed by atoms with Gasteiger partial charge in [-0.05, 0) is 30.3 Å². The van der Waals surface area contributed by atoms with Crippen LogP contribution in [-0.2, 0) is 11.3 Å². The summed E-state index contributed by atoms with van der Waals surface area (Å²) in [5.41, 5.74) is 0.970. The number of amides is 1. The molecule has 8 heteroatoms. The average molecular weight is 415 g/mol. The number of methoxy groups -OCH3 is 1. The molecule has 0 aliphatic heterocycles. The molecule has 0 aliphatic rings. The molecule has 4 rings (SSSR count). The number of ether oxygens (including phenoxy) is 1. The first-order valence-electron chi connectivity index (χ1n) is 8.46. The topological polar surface area (TPSA) is 73.8 Å². The molecule has 142 valence electrons. The fourth-order valence-electron chi connectivity index (χ4n) is 2.88. The zero-order valence-electron chi connectivity index (χ0n) is 14.8. The van der Waals surface area contributed by atoms with Crippen LogP contribution in [0.1, 0.15) is 10.6 Å². The van der Waals surface area contributed by atoms with Crippen molar-refractivity contribution in [2.75, 3.05) is 13.7 Å². The van der Waals surface area contributed by atoms with E-state index in [2.05, 4.69) is 4.99 Å². The minimum atomic E-state index is -0.619. The second-order valence-corrected chi connectivity index (χ2v) is 7.47. The molecule has 0 saturated carbocycles. The highest BCUT2D eigenvalue weighted by Crippen LogP contribution is 2.22. The van der Waals surface area contributed by atoms with Crippen molar-refractivity contribution in [3.05, 3.63) is 74.3 Å². The minimum Gasteiger partial charge on any atom is -0.451 e. The summed E-state index contributed by atoms with van der Waals surface area (Å²) < 4.78 is 13.5. The molecule has 28 heavy (non-hydrogen) atoms. The van der Waals surface area contributed by atoms with Gasteiger partial charge in [0.15, 0.2) is 16.0 Å². The lowest BCUT2D eigenvalue weighted by atomic mass is 10.2. The van der Waals surface area contributed by atoms with Gasteiger partial charge in [-0.2, -0.15) is 4.99 Å². The molecule has 6 nitrogen and oxygen atoms in total. The van der Waals surface area contributed by atoms with Crippen molar-refractivity contribution in [2.24, 2.45) is 4.99 Å². The van der Waals surface area contributed by atoms with Crippen LogP contribution in [0.5, 0.6) is 0 Å². The molecule has 0 atom stereocenters. The monoisotopic (exact) mass is 414 g/mol. The van der Waals surface area contributed by atoms with Gasteiger partial charge in [-0.1, -0.05) is 35.1 Å². The van der Waals surface area contributed by atoms with E-state index < -0.39 is 5.91 Å². The van der Waals surface area contributed by atoms with Crippen LogP contribution in [0.15, 0.2) is 62.7 Å². The summed E-state index contributed by atoms with van der Waals surface area (Å²) in [5.74, 6) is -0.718. The third-order valence-electron chi connectivity index (χ3n) is 4.21. The fourth-order valence-corrected chi connectivity index (χ4v) is 4.21. The standard InChI is InChI=1S/C20H15ClN2O4S/c1-26-9-8-23-14-7-6-12(21)10-18(14)28-20(23)22-19(25)17-11-15(24)13-4-2-3-5-16(13)27-17/h2-7,10-11H,8-9H2,1H3. The molecule has 0 aliphatic carbocycles. The zero-order valence-corrected chi connectivity index (χ0v) is 16.4. The molecule has 0 unspecified atom stereocenters.